The number of carbonyl (C=O) groups excluding carboxylic acids is 2. The van der Waals surface area contributed by atoms with Crippen LogP contribution in [0.3, 0.4) is 0 Å². The van der Waals surface area contributed by atoms with Crippen LogP contribution in [-0.4, -0.2) is 31.3 Å². The smallest absolute Gasteiger partial charge is 0.315 e. The molecule has 132 valence electrons. The van der Waals surface area contributed by atoms with Crippen LogP contribution in [0, 0.1) is 0 Å². The Morgan fingerprint density at radius 2 is 1.76 bits per heavy atom. The first-order chi connectivity index (χ1) is 12.2. The molecule has 2 aromatic rings. The van der Waals surface area contributed by atoms with Crippen LogP contribution in [-0.2, 0) is 14.3 Å². The number of rotatable bonds is 8. The SMILES string of the molecule is CCOc1ccccc1NC(=O)C(SCC(=O)OC)c1ccccc1. The highest BCUT2D eigenvalue weighted by Gasteiger charge is 2.23. The molecule has 0 heterocycles. The summed E-state index contributed by atoms with van der Waals surface area (Å²) < 4.78 is 10.2. The molecular formula is C19H21NO4S. The van der Waals surface area contributed by atoms with Crippen molar-refractivity contribution in [3.63, 3.8) is 0 Å². The van der Waals surface area contributed by atoms with Crippen molar-refractivity contribution in [1.82, 2.24) is 0 Å². The first kappa shape index (κ1) is 18.9. The number of nitrogens with one attached hydrogen (secondary N) is 1. The molecule has 0 aliphatic carbocycles. The van der Waals surface area contributed by atoms with E-state index in [4.69, 9.17) is 4.74 Å². The molecule has 0 bridgehead atoms. The molecule has 0 fully saturated rings. The maximum absolute atomic E-state index is 12.8. The number of amides is 1. The van der Waals surface area contributed by atoms with Crippen LogP contribution in [0.1, 0.15) is 17.7 Å². The van der Waals surface area contributed by atoms with Crippen LogP contribution >= 0.6 is 11.8 Å². The average molecular weight is 359 g/mol. The van der Waals surface area contributed by atoms with E-state index in [-0.39, 0.29) is 17.6 Å². The van der Waals surface area contributed by atoms with Crippen molar-refractivity contribution in [1.29, 1.82) is 0 Å². The Bertz CT molecular complexity index is 706. The zero-order chi connectivity index (χ0) is 18.1. The predicted molar refractivity (Wildman–Crippen MR) is 99.9 cm³/mol. The number of esters is 1. The summed E-state index contributed by atoms with van der Waals surface area (Å²) in [7, 11) is 1.33. The van der Waals surface area contributed by atoms with E-state index in [0.29, 0.717) is 18.0 Å². The number of benzene rings is 2. The number of hydrogen-bond acceptors (Lipinski definition) is 5. The third-order valence-electron chi connectivity index (χ3n) is 3.38. The van der Waals surface area contributed by atoms with Gasteiger partial charge in [-0.3, -0.25) is 9.59 Å². The molecule has 0 aromatic heterocycles. The van der Waals surface area contributed by atoms with Crippen LogP contribution in [0.15, 0.2) is 54.6 Å². The molecule has 6 heteroatoms. The van der Waals surface area contributed by atoms with Gasteiger partial charge in [0, 0.05) is 0 Å². The van der Waals surface area contributed by atoms with Crippen molar-refractivity contribution in [2.45, 2.75) is 12.2 Å². The van der Waals surface area contributed by atoms with Crippen molar-refractivity contribution in [3.8, 4) is 5.75 Å². The fraction of sp³-hybridized carbons (Fsp3) is 0.263. The lowest BCUT2D eigenvalue weighted by Gasteiger charge is -2.18. The third-order valence-corrected chi connectivity index (χ3v) is 4.60. The second-order valence-corrected chi connectivity index (χ2v) is 6.19. The van der Waals surface area contributed by atoms with Gasteiger partial charge in [0.1, 0.15) is 11.0 Å². The van der Waals surface area contributed by atoms with Gasteiger partial charge in [-0.15, -0.1) is 11.8 Å². The Morgan fingerprint density at radius 1 is 1.08 bits per heavy atom. The van der Waals surface area contributed by atoms with Crippen LogP contribution in [0.2, 0.25) is 0 Å². The molecule has 0 saturated carbocycles. The van der Waals surface area contributed by atoms with Gasteiger partial charge in [-0.2, -0.15) is 0 Å². The van der Waals surface area contributed by atoms with Crippen LogP contribution < -0.4 is 10.1 Å². The molecule has 2 aromatic carbocycles. The maximum atomic E-state index is 12.8. The Labute approximate surface area is 151 Å². The topological polar surface area (TPSA) is 64.6 Å². The lowest BCUT2D eigenvalue weighted by Crippen LogP contribution is -2.21. The van der Waals surface area contributed by atoms with E-state index in [9.17, 15) is 9.59 Å². The minimum absolute atomic E-state index is 0.0938. The summed E-state index contributed by atoms with van der Waals surface area (Å²) >= 11 is 1.23. The molecule has 0 aliphatic heterocycles. The second kappa shape index (κ2) is 9.74. The Morgan fingerprint density at radius 3 is 2.44 bits per heavy atom. The third kappa shape index (κ3) is 5.53. The van der Waals surface area contributed by atoms with E-state index >= 15 is 0 Å². The summed E-state index contributed by atoms with van der Waals surface area (Å²) in [6.07, 6.45) is 0. The van der Waals surface area contributed by atoms with Gasteiger partial charge < -0.3 is 14.8 Å². The normalized spacial score (nSPS) is 11.4. The van der Waals surface area contributed by atoms with E-state index < -0.39 is 5.25 Å². The monoisotopic (exact) mass is 359 g/mol. The van der Waals surface area contributed by atoms with Gasteiger partial charge in [0.05, 0.1) is 25.2 Å². The number of hydrogen-bond donors (Lipinski definition) is 1. The van der Waals surface area contributed by atoms with Crippen molar-refractivity contribution in [3.05, 3.63) is 60.2 Å². The molecule has 1 amide bonds. The van der Waals surface area contributed by atoms with Gasteiger partial charge in [-0.05, 0) is 24.6 Å². The summed E-state index contributed by atoms with van der Waals surface area (Å²) in [5, 5.41) is 2.37. The Balaban J connectivity index is 2.19. The van der Waals surface area contributed by atoms with Gasteiger partial charge in [-0.1, -0.05) is 42.5 Å². The molecular weight excluding hydrogens is 338 g/mol. The first-order valence-corrected chi connectivity index (χ1v) is 8.96. The quantitative estimate of drug-likeness (QED) is 0.729. The van der Waals surface area contributed by atoms with Crippen LogP contribution in [0.25, 0.3) is 0 Å². The number of ether oxygens (including phenoxy) is 2. The van der Waals surface area contributed by atoms with Gasteiger partial charge in [0.25, 0.3) is 0 Å². The fourth-order valence-electron chi connectivity index (χ4n) is 2.21. The van der Waals surface area contributed by atoms with Gasteiger partial charge >= 0.3 is 5.97 Å². The number of thioether (sulfide) groups is 1. The van der Waals surface area contributed by atoms with E-state index in [1.54, 1.807) is 12.1 Å². The zero-order valence-corrected chi connectivity index (χ0v) is 15.0. The highest BCUT2D eigenvalue weighted by Crippen LogP contribution is 2.32. The largest absolute Gasteiger partial charge is 0.492 e. The van der Waals surface area contributed by atoms with Crippen molar-refractivity contribution < 1.29 is 19.1 Å². The Hall–Kier alpha value is -2.47. The average Bonchev–Trinajstić information content (AvgIpc) is 2.64. The summed E-state index contributed by atoms with van der Waals surface area (Å²) in [6, 6.07) is 16.6. The molecule has 1 atom stereocenters. The predicted octanol–water partition coefficient (Wildman–Crippen LogP) is 3.67. The Kier molecular flexibility index (Phi) is 7.35. The van der Waals surface area contributed by atoms with Crippen molar-refractivity contribution in [2.75, 3.05) is 24.8 Å². The standard InChI is InChI=1S/C19H21NO4S/c1-3-24-16-12-8-7-11-15(16)20-19(22)18(25-13-17(21)23-2)14-9-5-4-6-10-14/h4-12,18H,3,13H2,1-2H3,(H,20,22). The summed E-state index contributed by atoms with van der Waals surface area (Å²) in [5.74, 6) is 0.125. The molecule has 5 nitrogen and oxygen atoms in total. The molecule has 1 unspecified atom stereocenters. The van der Waals surface area contributed by atoms with Crippen molar-refractivity contribution >= 4 is 29.3 Å². The van der Waals surface area contributed by atoms with E-state index in [1.165, 1.54) is 18.9 Å². The lowest BCUT2D eigenvalue weighted by atomic mass is 10.1. The number of methoxy groups -OCH3 is 1. The minimum atomic E-state index is -0.532. The first-order valence-electron chi connectivity index (χ1n) is 7.91. The highest BCUT2D eigenvalue weighted by molar-refractivity contribution is 8.00. The van der Waals surface area contributed by atoms with Crippen LogP contribution in [0.4, 0.5) is 5.69 Å². The molecule has 0 radical (unpaired) electrons. The van der Waals surface area contributed by atoms with E-state index in [0.717, 1.165) is 5.56 Å². The molecule has 1 N–H and O–H groups in total. The summed E-state index contributed by atoms with van der Waals surface area (Å²) in [6.45, 7) is 2.39. The van der Waals surface area contributed by atoms with E-state index in [2.05, 4.69) is 10.1 Å². The lowest BCUT2D eigenvalue weighted by molar-refractivity contribution is -0.137. The number of carbonyl (C=O) groups is 2. The van der Waals surface area contributed by atoms with Gasteiger partial charge in [0.15, 0.2) is 0 Å². The molecule has 0 aliphatic rings. The summed E-state index contributed by atoms with van der Waals surface area (Å²) in [4.78, 5) is 24.3. The zero-order valence-electron chi connectivity index (χ0n) is 14.2. The second-order valence-electron chi connectivity index (χ2n) is 5.10. The van der Waals surface area contributed by atoms with Crippen LogP contribution in [0.5, 0.6) is 5.75 Å². The molecule has 25 heavy (non-hydrogen) atoms. The number of anilines is 1. The number of para-hydroxylation sites is 2. The highest BCUT2D eigenvalue weighted by atomic mass is 32.2. The van der Waals surface area contributed by atoms with Crippen molar-refractivity contribution in [2.24, 2.45) is 0 Å². The maximum Gasteiger partial charge on any atom is 0.315 e. The minimum Gasteiger partial charge on any atom is -0.492 e. The fourth-order valence-corrected chi connectivity index (χ4v) is 3.19. The van der Waals surface area contributed by atoms with E-state index in [1.807, 2.05) is 49.4 Å². The molecule has 0 spiro atoms. The van der Waals surface area contributed by atoms with Gasteiger partial charge in [-0.25, -0.2) is 0 Å². The van der Waals surface area contributed by atoms with Gasteiger partial charge in [0.2, 0.25) is 5.91 Å². The molecule has 2 rings (SSSR count). The molecule has 0 saturated heterocycles. The summed E-state index contributed by atoms with van der Waals surface area (Å²) in [5.41, 5.74) is 1.43.